The number of carbonyl (C=O) groups excluding carboxylic acids is 1. The molecule has 1 amide bonds. The van der Waals surface area contributed by atoms with Crippen LogP contribution in [0.1, 0.15) is 27.2 Å². The zero-order valence-corrected chi connectivity index (χ0v) is 16.1. The molecule has 0 spiro atoms. The SMILES string of the molecule is COc1c(OCc2ccccc2)c(C(=O)NCc2ccc(F)cc2)c[n+]([O-])c1C. The molecule has 29 heavy (non-hydrogen) atoms. The van der Waals surface area contributed by atoms with E-state index in [1.165, 1.54) is 19.2 Å². The molecule has 0 fully saturated rings. The van der Waals surface area contributed by atoms with Gasteiger partial charge in [0.1, 0.15) is 12.4 Å². The zero-order chi connectivity index (χ0) is 20.8. The molecule has 0 saturated carbocycles. The van der Waals surface area contributed by atoms with Gasteiger partial charge in [-0.3, -0.25) is 4.79 Å². The average molecular weight is 396 g/mol. The van der Waals surface area contributed by atoms with Gasteiger partial charge in [0.2, 0.25) is 11.4 Å². The number of carbonyl (C=O) groups is 1. The summed E-state index contributed by atoms with van der Waals surface area (Å²) < 4.78 is 24.8. The molecule has 0 radical (unpaired) electrons. The third kappa shape index (κ3) is 4.82. The highest BCUT2D eigenvalue weighted by molar-refractivity contribution is 5.97. The van der Waals surface area contributed by atoms with Gasteiger partial charge in [0.15, 0.2) is 17.5 Å². The van der Waals surface area contributed by atoms with Gasteiger partial charge in [0, 0.05) is 13.5 Å². The molecule has 1 heterocycles. The highest BCUT2D eigenvalue weighted by atomic mass is 19.1. The average Bonchev–Trinajstić information content (AvgIpc) is 2.74. The number of nitrogens with zero attached hydrogens (tertiary/aromatic N) is 1. The fourth-order valence-electron chi connectivity index (χ4n) is 2.81. The van der Waals surface area contributed by atoms with Gasteiger partial charge < -0.3 is 20.0 Å². The lowest BCUT2D eigenvalue weighted by Gasteiger charge is -2.16. The van der Waals surface area contributed by atoms with Gasteiger partial charge in [0.05, 0.1) is 7.11 Å². The van der Waals surface area contributed by atoms with Crippen LogP contribution >= 0.6 is 0 Å². The van der Waals surface area contributed by atoms with Crippen LogP contribution in [0.2, 0.25) is 0 Å². The molecule has 0 bridgehead atoms. The molecule has 0 aliphatic carbocycles. The van der Waals surface area contributed by atoms with E-state index in [1.54, 1.807) is 19.1 Å². The van der Waals surface area contributed by atoms with Crippen LogP contribution in [0, 0.1) is 17.9 Å². The molecule has 0 atom stereocenters. The number of nitrogens with one attached hydrogen (secondary N) is 1. The van der Waals surface area contributed by atoms with Crippen LogP contribution < -0.4 is 19.5 Å². The quantitative estimate of drug-likeness (QED) is 0.491. The van der Waals surface area contributed by atoms with E-state index < -0.39 is 5.91 Å². The lowest BCUT2D eigenvalue weighted by molar-refractivity contribution is -0.612. The summed E-state index contributed by atoms with van der Waals surface area (Å²) in [6.07, 6.45) is 1.16. The first-order chi connectivity index (χ1) is 14.0. The second-order valence-electron chi connectivity index (χ2n) is 6.40. The Balaban J connectivity index is 1.86. The standard InChI is InChI=1S/C22H21FN2O4/c1-15-20(28-2)21(29-14-17-6-4-3-5-7-17)19(13-25(15)27)22(26)24-12-16-8-10-18(23)11-9-16/h3-11,13H,12,14H2,1-2H3,(H,24,26). The van der Waals surface area contributed by atoms with Crippen molar-refractivity contribution in [2.24, 2.45) is 0 Å². The second kappa shape index (κ2) is 9.05. The van der Waals surface area contributed by atoms with Crippen molar-refractivity contribution in [2.75, 3.05) is 7.11 Å². The van der Waals surface area contributed by atoms with E-state index >= 15 is 0 Å². The predicted octanol–water partition coefficient (Wildman–Crippen LogP) is 3.29. The summed E-state index contributed by atoms with van der Waals surface area (Å²) in [4.78, 5) is 12.8. The topological polar surface area (TPSA) is 74.5 Å². The molecule has 3 rings (SSSR count). The third-order valence-corrected chi connectivity index (χ3v) is 4.40. The van der Waals surface area contributed by atoms with Gasteiger partial charge in [-0.2, -0.15) is 4.73 Å². The minimum atomic E-state index is -0.500. The van der Waals surface area contributed by atoms with Crippen LogP contribution in [0.4, 0.5) is 4.39 Å². The Kier molecular flexibility index (Phi) is 6.29. The third-order valence-electron chi connectivity index (χ3n) is 4.40. The minimum Gasteiger partial charge on any atom is -0.618 e. The molecule has 0 aliphatic heterocycles. The largest absolute Gasteiger partial charge is 0.618 e. The van der Waals surface area contributed by atoms with Gasteiger partial charge in [-0.05, 0) is 23.3 Å². The van der Waals surface area contributed by atoms with Gasteiger partial charge in [-0.15, -0.1) is 0 Å². The molecule has 1 N–H and O–H groups in total. The highest BCUT2D eigenvalue weighted by Crippen LogP contribution is 2.33. The summed E-state index contributed by atoms with van der Waals surface area (Å²) >= 11 is 0. The van der Waals surface area contributed by atoms with Crippen molar-refractivity contribution >= 4 is 5.91 Å². The molecule has 0 saturated heterocycles. The van der Waals surface area contributed by atoms with Crippen molar-refractivity contribution in [1.82, 2.24) is 5.32 Å². The number of halogens is 1. The summed E-state index contributed by atoms with van der Waals surface area (Å²) in [6.45, 7) is 1.96. The summed E-state index contributed by atoms with van der Waals surface area (Å²) in [6, 6.07) is 15.2. The number of rotatable bonds is 7. The Labute approximate surface area is 168 Å². The minimum absolute atomic E-state index is 0.0560. The number of methoxy groups -OCH3 is 1. The summed E-state index contributed by atoms with van der Waals surface area (Å²) in [5, 5.41) is 14.9. The van der Waals surface area contributed by atoms with E-state index in [-0.39, 0.29) is 41.7 Å². The van der Waals surface area contributed by atoms with Gasteiger partial charge in [0.25, 0.3) is 5.91 Å². The first-order valence-corrected chi connectivity index (χ1v) is 8.99. The van der Waals surface area contributed by atoms with Crippen LogP contribution in [-0.2, 0) is 13.2 Å². The Bertz CT molecular complexity index is 992. The van der Waals surface area contributed by atoms with Crippen LogP contribution in [0.5, 0.6) is 11.5 Å². The van der Waals surface area contributed by atoms with Crippen molar-refractivity contribution in [3.05, 3.63) is 94.2 Å². The lowest BCUT2D eigenvalue weighted by Crippen LogP contribution is -2.34. The molecule has 1 aromatic heterocycles. The Hall–Kier alpha value is -3.61. The van der Waals surface area contributed by atoms with Crippen LogP contribution in [0.25, 0.3) is 0 Å². The van der Waals surface area contributed by atoms with E-state index in [9.17, 15) is 14.4 Å². The number of hydrogen-bond acceptors (Lipinski definition) is 4. The van der Waals surface area contributed by atoms with Crippen molar-refractivity contribution in [3.63, 3.8) is 0 Å². The molecule has 0 aliphatic rings. The molecular weight excluding hydrogens is 375 g/mol. The van der Waals surface area contributed by atoms with Crippen LogP contribution in [0.3, 0.4) is 0 Å². The normalized spacial score (nSPS) is 10.4. The van der Waals surface area contributed by atoms with E-state index in [0.29, 0.717) is 4.73 Å². The maximum absolute atomic E-state index is 13.0. The number of benzene rings is 2. The monoisotopic (exact) mass is 396 g/mol. The predicted molar refractivity (Wildman–Crippen MR) is 105 cm³/mol. The Morgan fingerprint density at radius 1 is 1.07 bits per heavy atom. The summed E-state index contributed by atoms with van der Waals surface area (Å²) in [7, 11) is 1.41. The van der Waals surface area contributed by atoms with Crippen molar-refractivity contribution in [1.29, 1.82) is 0 Å². The molecular formula is C22H21FN2O4. The highest BCUT2D eigenvalue weighted by Gasteiger charge is 2.26. The fraction of sp³-hybridized carbons (Fsp3) is 0.182. The summed E-state index contributed by atoms with van der Waals surface area (Å²) in [5.74, 6) is -0.462. The Morgan fingerprint density at radius 2 is 1.76 bits per heavy atom. The second-order valence-corrected chi connectivity index (χ2v) is 6.40. The smallest absolute Gasteiger partial charge is 0.261 e. The number of ether oxygens (including phenoxy) is 2. The molecule has 2 aromatic carbocycles. The maximum Gasteiger partial charge on any atom is 0.261 e. The molecule has 7 heteroatoms. The van der Waals surface area contributed by atoms with Gasteiger partial charge in [-0.25, -0.2) is 4.39 Å². The lowest BCUT2D eigenvalue weighted by atomic mass is 10.1. The zero-order valence-electron chi connectivity index (χ0n) is 16.1. The fourth-order valence-corrected chi connectivity index (χ4v) is 2.81. The van der Waals surface area contributed by atoms with Crippen molar-refractivity contribution in [3.8, 4) is 11.5 Å². The first-order valence-electron chi connectivity index (χ1n) is 8.99. The molecule has 3 aromatic rings. The van der Waals surface area contributed by atoms with E-state index in [1.807, 2.05) is 30.3 Å². The van der Waals surface area contributed by atoms with E-state index in [0.717, 1.165) is 17.3 Å². The van der Waals surface area contributed by atoms with Crippen molar-refractivity contribution in [2.45, 2.75) is 20.1 Å². The van der Waals surface area contributed by atoms with Gasteiger partial charge >= 0.3 is 0 Å². The summed E-state index contributed by atoms with van der Waals surface area (Å²) in [5.41, 5.74) is 1.97. The number of aromatic nitrogens is 1. The maximum atomic E-state index is 13.0. The number of amides is 1. The van der Waals surface area contributed by atoms with E-state index in [4.69, 9.17) is 9.47 Å². The Morgan fingerprint density at radius 3 is 2.41 bits per heavy atom. The van der Waals surface area contributed by atoms with Gasteiger partial charge in [-0.1, -0.05) is 42.5 Å². The number of hydrogen-bond donors (Lipinski definition) is 1. The number of pyridine rings is 1. The first kappa shape index (κ1) is 20.1. The van der Waals surface area contributed by atoms with Crippen LogP contribution in [0.15, 0.2) is 60.8 Å². The van der Waals surface area contributed by atoms with Crippen LogP contribution in [-0.4, -0.2) is 13.0 Å². The molecule has 150 valence electrons. The van der Waals surface area contributed by atoms with Crippen molar-refractivity contribution < 1.29 is 23.4 Å². The van der Waals surface area contributed by atoms with E-state index in [2.05, 4.69) is 5.32 Å². The molecule has 0 unspecified atom stereocenters. The molecule has 6 nitrogen and oxygen atoms in total.